The Hall–Kier alpha value is -4.10. The van der Waals surface area contributed by atoms with Gasteiger partial charge in [0.15, 0.2) is 11.8 Å². The van der Waals surface area contributed by atoms with Crippen LogP contribution in [0.1, 0.15) is 0 Å². The first-order chi connectivity index (χ1) is 16.8. The largest absolute Gasteiger partial charge is 1.00 e. The number of benzene rings is 5. The van der Waals surface area contributed by atoms with Crippen LogP contribution < -0.4 is 29.0 Å². The van der Waals surface area contributed by atoms with Crippen LogP contribution in [0.3, 0.4) is 0 Å². The van der Waals surface area contributed by atoms with Crippen molar-refractivity contribution in [2.24, 2.45) is 0 Å². The maximum Gasteiger partial charge on any atom is 1.00 e. The summed E-state index contributed by atoms with van der Waals surface area (Å²) in [6, 6.07) is 32.1. The first-order valence-electron chi connectivity index (χ1n) is 11.2. The summed E-state index contributed by atoms with van der Waals surface area (Å²) in [5.41, 5.74) is 4.75. The van der Waals surface area contributed by atoms with E-state index in [4.69, 9.17) is 4.42 Å². The van der Waals surface area contributed by atoms with Gasteiger partial charge in [-0.05, 0) is 80.9 Å². The molecular weight excluding hydrogens is 427 g/mol. The third kappa shape index (κ3) is 3.39. The SMILES string of the molecule is [Li+].[O-]c1c(-c2c3ccccc3cc3cc(-c4nc5ccccc5o4)ccc23)ccc2ccc[nH+]c12. The Bertz CT molecular complexity index is 1860. The minimum atomic E-state index is -0.00113. The number of aromatic nitrogens is 2. The van der Waals surface area contributed by atoms with E-state index in [0.717, 1.165) is 49.2 Å². The second-order valence-corrected chi connectivity index (χ2v) is 8.47. The van der Waals surface area contributed by atoms with Gasteiger partial charge < -0.3 is 9.52 Å². The maximum atomic E-state index is 13.5. The van der Waals surface area contributed by atoms with Crippen molar-refractivity contribution in [3.8, 4) is 28.3 Å². The number of pyridine rings is 1. The number of fused-ring (bicyclic) bond motifs is 4. The van der Waals surface area contributed by atoms with Crippen LogP contribution >= 0.6 is 0 Å². The molecule has 1 N–H and O–H groups in total. The van der Waals surface area contributed by atoms with Gasteiger partial charge in [0, 0.05) is 17.0 Å². The molecule has 0 spiro atoms. The summed E-state index contributed by atoms with van der Waals surface area (Å²) in [4.78, 5) is 7.80. The molecule has 0 unspecified atom stereocenters. The van der Waals surface area contributed by atoms with Gasteiger partial charge in [-0.3, -0.25) is 0 Å². The summed E-state index contributed by atoms with van der Waals surface area (Å²) in [7, 11) is 0. The van der Waals surface area contributed by atoms with Crippen LogP contribution in [0, 0.1) is 0 Å². The molecule has 5 aromatic carbocycles. The molecule has 0 saturated carbocycles. The van der Waals surface area contributed by atoms with E-state index in [-0.39, 0.29) is 24.6 Å². The van der Waals surface area contributed by atoms with E-state index in [1.54, 1.807) is 6.20 Å². The molecule has 2 aromatic heterocycles. The number of oxazole rings is 1. The van der Waals surface area contributed by atoms with Gasteiger partial charge in [-0.2, -0.15) is 0 Å². The number of nitrogens with one attached hydrogen (secondary N) is 1. The molecular formula is C30H18LiN2O2+. The molecule has 0 fully saturated rings. The van der Waals surface area contributed by atoms with Crippen LogP contribution in [-0.4, -0.2) is 4.98 Å². The molecule has 4 nitrogen and oxygen atoms in total. The van der Waals surface area contributed by atoms with Crippen molar-refractivity contribution in [2.45, 2.75) is 0 Å². The van der Waals surface area contributed by atoms with Crippen molar-refractivity contribution in [1.82, 2.24) is 4.98 Å². The molecule has 0 saturated heterocycles. The number of hydrogen-bond acceptors (Lipinski definition) is 3. The molecule has 160 valence electrons. The molecule has 35 heavy (non-hydrogen) atoms. The predicted octanol–water partition coefficient (Wildman–Crippen LogP) is 3.51. The minimum absolute atomic E-state index is 0. The first-order valence-corrected chi connectivity index (χ1v) is 11.2. The molecule has 5 heteroatoms. The molecule has 0 aliphatic heterocycles. The summed E-state index contributed by atoms with van der Waals surface area (Å²) in [6.45, 7) is 0. The summed E-state index contributed by atoms with van der Waals surface area (Å²) >= 11 is 0. The maximum absolute atomic E-state index is 13.5. The van der Waals surface area contributed by atoms with Crippen LogP contribution in [0.5, 0.6) is 5.75 Å². The van der Waals surface area contributed by atoms with E-state index in [9.17, 15) is 5.11 Å². The van der Waals surface area contributed by atoms with E-state index >= 15 is 0 Å². The number of rotatable bonds is 2. The van der Waals surface area contributed by atoms with Gasteiger partial charge >= 0.3 is 18.9 Å². The zero-order chi connectivity index (χ0) is 22.6. The third-order valence-corrected chi connectivity index (χ3v) is 6.46. The topological polar surface area (TPSA) is 63.2 Å². The zero-order valence-corrected chi connectivity index (χ0v) is 19.1. The van der Waals surface area contributed by atoms with Crippen LogP contribution in [0.4, 0.5) is 0 Å². The summed E-state index contributed by atoms with van der Waals surface area (Å²) in [5.74, 6) is 0.585. The van der Waals surface area contributed by atoms with Gasteiger partial charge in [-0.1, -0.05) is 48.5 Å². The Morgan fingerprint density at radius 1 is 0.714 bits per heavy atom. The van der Waals surface area contributed by atoms with E-state index in [2.05, 4.69) is 40.3 Å². The average molecular weight is 445 g/mol. The van der Waals surface area contributed by atoms with Gasteiger partial charge in [0.05, 0.1) is 0 Å². The Morgan fingerprint density at radius 2 is 1.51 bits per heavy atom. The molecule has 7 aromatic rings. The van der Waals surface area contributed by atoms with Crippen LogP contribution in [0.25, 0.3) is 66.1 Å². The normalized spacial score (nSPS) is 11.3. The molecule has 0 aliphatic carbocycles. The Morgan fingerprint density at radius 3 is 2.43 bits per heavy atom. The van der Waals surface area contributed by atoms with Crippen LogP contribution in [0.15, 0.2) is 108 Å². The fourth-order valence-electron chi connectivity index (χ4n) is 4.86. The number of nitrogens with zero attached hydrogens (tertiary/aromatic N) is 1. The fraction of sp³-hybridized carbons (Fsp3) is 0. The Balaban J connectivity index is 0.00000229. The van der Waals surface area contributed by atoms with Crippen molar-refractivity contribution >= 4 is 43.5 Å². The summed E-state index contributed by atoms with van der Waals surface area (Å²) < 4.78 is 6.01. The van der Waals surface area contributed by atoms with Crippen molar-refractivity contribution < 1.29 is 33.4 Å². The molecule has 0 radical (unpaired) electrons. The standard InChI is InChI=1S/C30H18N2O2.Li/c33-29-24(14-11-18-7-5-15-31-28(18)29)27-22-8-2-1-6-19(22)16-21-17-20(12-13-23(21)27)30-32-25-9-3-4-10-26(25)34-30;/h1-17,33H;/q;+1. The zero-order valence-electron chi connectivity index (χ0n) is 19.1. The molecule has 0 amide bonds. The van der Waals surface area contributed by atoms with Crippen LogP contribution in [-0.2, 0) is 0 Å². The fourth-order valence-corrected chi connectivity index (χ4v) is 4.86. The molecule has 7 rings (SSSR count). The van der Waals surface area contributed by atoms with E-state index in [1.807, 2.05) is 66.7 Å². The van der Waals surface area contributed by atoms with Gasteiger partial charge in [-0.25, -0.2) is 9.97 Å². The van der Waals surface area contributed by atoms with Crippen molar-refractivity contribution in [3.63, 3.8) is 0 Å². The predicted molar refractivity (Wildman–Crippen MR) is 133 cm³/mol. The monoisotopic (exact) mass is 445 g/mol. The second kappa shape index (κ2) is 8.28. The minimum Gasteiger partial charge on any atom is -0.868 e. The quantitative estimate of drug-likeness (QED) is 0.302. The van der Waals surface area contributed by atoms with Gasteiger partial charge in [0.2, 0.25) is 11.4 Å². The molecule has 2 heterocycles. The van der Waals surface area contributed by atoms with Crippen molar-refractivity contribution in [3.05, 3.63) is 103 Å². The van der Waals surface area contributed by atoms with Gasteiger partial charge in [-0.15, -0.1) is 0 Å². The van der Waals surface area contributed by atoms with E-state index in [0.29, 0.717) is 17.0 Å². The van der Waals surface area contributed by atoms with E-state index in [1.165, 1.54) is 0 Å². The smallest absolute Gasteiger partial charge is 0.868 e. The first kappa shape index (κ1) is 21.4. The molecule has 0 bridgehead atoms. The second-order valence-electron chi connectivity index (χ2n) is 8.47. The van der Waals surface area contributed by atoms with Crippen molar-refractivity contribution in [2.75, 3.05) is 0 Å². The van der Waals surface area contributed by atoms with E-state index < -0.39 is 0 Å². The summed E-state index contributed by atoms with van der Waals surface area (Å²) in [6.07, 6.45) is 1.79. The van der Waals surface area contributed by atoms with Gasteiger partial charge in [0.1, 0.15) is 5.52 Å². The van der Waals surface area contributed by atoms with Crippen molar-refractivity contribution in [1.29, 1.82) is 0 Å². The number of H-pyrrole nitrogens is 1. The molecule has 0 aliphatic rings. The molecule has 0 atom stereocenters. The third-order valence-electron chi connectivity index (χ3n) is 6.46. The number of hydrogen-bond donors (Lipinski definition) is 0. The number of para-hydroxylation sites is 2. The Labute approximate surface area is 213 Å². The van der Waals surface area contributed by atoms with Crippen LogP contribution in [0.2, 0.25) is 0 Å². The van der Waals surface area contributed by atoms with Gasteiger partial charge in [0.25, 0.3) is 0 Å². The Kier molecular flexibility index (Phi) is 5.07. The average Bonchev–Trinajstić information content (AvgIpc) is 3.32. The summed E-state index contributed by atoms with van der Waals surface area (Å²) in [5, 5.41) is 18.6. The number of aromatic amines is 1.